The van der Waals surface area contributed by atoms with E-state index < -0.39 is 14.7 Å². The van der Waals surface area contributed by atoms with E-state index in [1.807, 2.05) is 20.8 Å². The molecule has 0 aliphatic heterocycles. The number of allylic oxidation sites excluding steroid dienone is 1. The predicted octanol–water partition coefficient (Wildman–Crippen LogP) is 1.86. The van der Waals surface area contributed by atoms with E-state index in [0.717, 1.165) is 18.9 Å². The van der Waals surface area contributed by atoms with Crippen molar-refractivity contribution in [3.8, 4) is 0 Å². The van der Waals surface area contributed by atoms with Crippen molar-refractivity contribution in [2.75, 3.05) is 19.8 Å². The Bertz CT molecular complexity index is 241. The first kappa shape index (κ1) is 17.3. The summed E-state index contributed by atoms with van der Waals surface area (Å²) in [6, 6.07) is 0.756. The summed E-state index contributed by atoms with van der Waals surface area (Å²) in [5.41, 5.74) is 5.01. The van der Waals surface area contributed by atoms with Gasteiger partial charge in [0.05, 0.1) is 0 Å². The van der Waals surface area contributed by atoms with Gasteiger partial charge in [0.2, 0.25) is 5.91 Å². The van der Waals surface area contributed by atoms with Crippen LogP contribution in [-0.4, -0.2) is 34.5 Å². The molecule has 18 heavy (non-hydrogen) atoms. The van der Waals surface area contributed by atoms with Crippen LogP contribution in [0.5, 0.6) is 0 Å². The minimum atomic E-state index is -2.52. The summed E-state index contributed by atoms with van der Waals surface area (Å²) in [5.74, 6) is -0.419. The fourth-order valence-electron chi connectivity index (χ4n) is 1.64. The molecule has 0 saturated heterocycles. The van der Waals surface area contributed by atoms with Gasteiger partial charge in [0.25, 0.3) is 0 Å². The Morgan fingerprint density at radius 1 is 1.11 bits per heavy atom. The fraction of sp³-hybridized carbons (Fsp3) is 0.750. The first-order valence-corrected chi connectivity index (χ1v) is 8.41. The SMILES string of the molecule is CCO[Si](CCCC=CC(N)=O)(OCC)OCC. The molecule has 6 heteroatoms. The van der Waals surface area contributed by atoms with E-state index in [1.165, 1.54) is 6.08 Å². The molecule has 0 bridgehead atoms. The van der Waals surface area contributed by atoms with Crippen molar-refractivity contribution < 1.29 is 18.1 Å². The number of hydrogen-bond donors (Lipinski definition) is 1. The predicted molar refractivity (Wildman–Crippen MR) is 73.0 cm³/mol. The Kier molecular flexibility index (Phi) is 9.86. The number of nitrogens with two attached hydrogens (primary N) is 1. The summed E-state index contributed by atoms with van der Waals surface area (Å²) in [5, 5.41) is 0. The van der Waals surface area contributed by atoms with Crippen LogP contribution in [0, 0.1) is 0 Å². The molecule has 0 spiro atoms. The summed E-state index contributed by atoms with van der Waals surface area (Å²) >= 11 is 0. The molecule has 0 aromatic heterocycles. The molecule has 5 nitrogen and oxygen atoms in total. The molecule has 0 aromatic rings. The second-order valence-corrected chi connectivity index (χ2v) is 6.41. The average molecular weight is 275 g/mol. The Balaban J connectivity index is 4.24. The van der Waals surface area contributed by atoms with Gasteiger partial charge in [-0.15, -0.1) is 0 Å². The Labute approximate surface area is 111 Å². The molecular weight excluding hydrogens is 250 g/mol. The molecule has 0 aliphatic rings. The highest BCUT2D eigenvalue weighted by Gasteiger charge is 2.39. The van der Waals surface area contributed by atoms with Crippen molar-refractivity contribution in [1.82, 2.24) is 0 Å². The van der Waals surface area contributed by atoms with Crippen molar-refractivity contribution >= 4 is 14.7 Å². The maximum Gasteiger partial charge on any atom is 0.500 e. The largest absolute Gasteiger partial charge is 0.500 e. The smallest absolute Gasteiger partial charge is 0.374 e. The lowest BCUT2D eigenvalue weighted by atomic mass is 10.3. The number of hydrogen-bond acceptors (Lipinski definition) is 4. The number of carbonyl (C=O) groups is 1. The number of primary amides is 1. The van der Waals surface area contributed by atoms with E-state index in [-0.39, 0.29) is 0 Å². The van der Waals surface area contributed by atoms with E-state index >= 15 is 0 Å². The molecule has 0 aromatic carbocycles. The molecule has 0 saturated carbocycles. The third-order valence-corrected chi connectivity index (χ3v) is 5.38. The molecule has 2 N–H and O–H groups in total. The minimum Gasteiger partial charge on any atom is -0.374 e. The van der Waals surface area contributed by atoms with Gasteiger partial charge in [0.15, 0.2) is 0 Å². The van der Waals surface area contributed by atoms with Crippen LogP contribution >= 0.6 is 0 Å². The molecule has 0 unspecified atom stereocenters. The maximum atomic E-state index is 10.5. The van der Waals surface area contributed by atoms with E-state index in [1.54, 1.807) is 6.08 Å². The number of unbranched alkanes of at least 4 members (excludes halogenated alkanes) is 1. The number of carbonyl (C=O) groups excluding carboxylic acids is 1. The Morgan fingerprint density at radius 3 is 2.00 bits per heavy atom. The quantitative estimate of drug-likeness (QED) is 0.355. The van der Waals surface area contributed by atoms with Crippen LogP contribution in [0.4, 0.5) is 0 Å². The Morgan fingerprint density at radius 2 is 1.61 bits per heavy atom. The molecule has 0 fully saturated rings. The average Bonchev–Trinajstić information content (AvgIpc) is 2.29. The van der Waals surface area contributed by atoms with Crippen LogP contribution in [-0.2, 0) is 18.1 Å². The van der Waals surface area contributed by atoms with Gasteiger partial charge < -0.3 is 19.0 Å². The number of rotatable bonds is 11. The zero-order chi connectivity index (χ0) is 13.9. The lowest BCUT2D eigenvalue weighted by molar-refractivity contribution is -0.113. The maximum absolute atomic E-state index is 10.5. The van der Waals surface area contributed by atoms with Gasteiger partial charge >= 0.3 is 8.80 Å². The lowest BCUT2D eigenvalue weighted by Gasteiger charge is -2.28. The third kappa shape index (κ3) is 7.60. The van der Waals surface area contributed by atoms with Crippen LogP contribution in [0.3, 0.4) is 0 Å². The first-order valence-electron chi connectivity index (χ1n) is 6.48. The molecule has 1 amide bonds. The van der Waals surface area contributed by atoms with Gasteiger partial charge in [-0.05, 0) is 39.7 Å². The van der Waals surface area contributed by atoms with Crippen LogP contribution in [0.15, 0.2) is 12.2 Å². The highest BCUT2D eigenvalue weighted by atomic mass is 28.4. The van der Waals surface area contributed by atoms with Gasteiger partial charge in [-0.1, -0.05) is 6.08 Å². The summed E-state index contributed by atoms with van der Waals surface area (Å²) in [4.78, 5) is 10.5. The van der Waals surface area contributed by atoms with Crippen LogP contribution in [0.2, 0.25) is 6.04 Å². The molecular formula is C12H25NO4Si. The molecule has 0 heterocycles. The van der Waals surface area contributed by atoms with Crippen molar-refractivity contribution in [2.45, 2.75) is 39.7 Å². The van der Waals surface area contributed by atoms with Gasteiger partial charge in [0.1, 0.15) is 0 Å². The molecule has 0 rings (SSSR count). The monoisotopic (exact) mass is 275 g/mol. The van der Waals surface area contributed by atoms with Crippen molar-refractivity contribution in [3.63, 3.8) is 0 Å². The molecule has 106 valence electrons. The number of amides is 1. The highest BCUT2D eigenvalue weighted by Crippen LogP contribution is 2.19. The standard InChI is InChI=1S/C12H25NO4Si/c1-4-15-18(16-5-2,17-6-3)11-9-7-8-10-12(13)14/h8,10H,4-7,9,11H2,1-3H3,(H2,13,14). The van der Waals surface area contributed by atoms with Crippen molar-refractivity contribution in [3.05, 3.63) is 12.2 Å². The summed E-state index contributed by atoms with van der Waals surface area (Å²) < 4.78 is 17.2. The van der Waals surface area contributed by atoms with Crippen molar-refractivity contribution in [1.29, 1.82) is 0 Å². The van der Waals surface area contributed by atoms with Crippen LogP contribution < -0.4 is 5.73 Å². The summed E-state index contributed by atoms with van der Waals surface area (Å²) in [6.45, 7) is 7.57. The molecule has 0 atom stereocenters. The molecule has 0 aliphatic carbocycles. The highest BCUT2D eigenvalue weighted by molar-refractivity contribution is 6.60. The topological polar surface area (TPSA) is 70.8 Å². The zero-order valence-corrected chi connectivity index (χ0v) is 12.6. The second kappa shape index (κ2) is 10.2. The zero-order valence-electron chi connectivity index (χ0n) is 11.6. The Hall–Kier alpha value is -0.693. The van der Waals surface area contributed by atoms with E-state index in [0.29, 0.717) is 19.8 Å². The van der Waals surface area contributed by atoms with E-state index in [9.17, 15) is 4.79 Å². The van der Waals surface area contributed by atoms with Crippen LogP contribution in [0.25, 0.3) is 0 Å². The second-order valence-electron chi connectivity index (χ2n) is 3.68. The third-order valence-electron chi connectivity index (χ3n) is 2.23. The fourth-order valence-corrected chi connectivity index (χ4v) is 4.28. The van der Waals surface area contributed by atoms with Crippen molar-refractivity contribution in [2.24, 2.45) is 5.73 Å². The summed E-state index contributed by atoms with van der Waals surface area (Å²) in [6.07, 6.45) is 4.78. The minimum absolute atomic E-state index is 0.419. The van der Waals surface area contributed by atoms with Gasteiger partial charge in [-0.2, -0.15) is 0 Å². The van der Waals surface area contributed by atoms with Gasteiger partial charge in [-0.25, -0.2) is 0 Å². The van der Waals surface area contributed by atoms with Crippen LogP contribution in [0.1, 0.15) is 33.6 Å². The van der Waals surface area contributed by atoms with Gasteiger partial charge in [0, 0.05) is 25.9 Å². The lowest BCUT2D eigenvalue weighted by Crippen LogP contribution is -2.45. The molecule has 0 radical (unpaired) electrons. The van der Waals surface area contributed by atoms with E-state index in [2.05, 4.69) is 0 Å². The first-order chi connectivity index (χ1) is 8.60. The van der Waals surface area contributed by atoms with Gasteiger partial charge in [-0.3, -0.25) is 4.79 Å². The van der Waals surface area contributed by atoms with E-state index in [4.69, 9.17) is 19.0 Å². The summed E-state index contributed by atoms with van der Waals surface area (Å²) in [7, 11) is -2.52. The normalized spacial score (nSPS) is 12.2.